The van der Waals surface area contributed by atoms with Crippen LogP contribution in [0, 0.1) is 0 Å². The van der Waals surface area contributed by atoms with Crippen LogP contribution in [-0.4, -0.2) is 14.2 Å². The molecule has 0 bridgehead atoms. The van der Waals surface area contributed by atoms with E-state index in [1.165, 1.54) is 0 Å². The van der Waals surface area contributed by atoms with E-state index >= 15 is 0 Å². The second kappa shape index (κ2) is 4.72. The summed E-state index contributed by atoms with van der Waals surface area (Å²) in [4.78, 5) is 0. The van der Waals surface area contributed by atoms with Crippen LogP contribution >= 0.6 is 12.4 Å². The summed E-state index contributed by atoms with van der Waals surface area (Å²) in [6, 6.07) is 5.38. The zero-order valence-electron chi connectivity index (χ0n) is 7.03. The van der Waals surface area contributed by atoms with Crippen molar-refractivity contribution in [3.63, 3.8) is 0 Å². The first-order valence-electron chi connectivity index (χ1n) is 3.26. The van der Waals surface area contributed by atoms with Crippen LogP contribution in [0.3, 0.4) is 0 Å². The number of halogens is 1. The van der Waals surface area contributed by atoms with Crippen molar-refractivity contribution in [1.29, 1.82) is 0 Å². The number of hydrogen-bond donors (Lipinski definition) is 1. The molecule has 0 aliphatic heterocycles. The maximum Gasteiger partial charge on any atom is 0.183 e. The van der Waals surface area contributed by atoms with Crippen LogP contribution in [0.1, 0.15) is 0 Å². The third kappa shape index (κ3) is 1.95. The van der Waals surface area contributed by atoms with Gasteiger partial charge in [-0.1, -0.05) is 6.07 Å². The van der Waals surface area contributed by atoms with Crippen molar-refractivity contribution in [3.8, 4) is 11.5 Å². The molecular formula is C8H12ClNO2. The number of methoxy groups -OCH3 is 2. The van der Waals surface area contributed by atoms with Crippen LogP contribution in [0.15, 0.2) is 18.2 Å². The van der Waals surface area contributed by atoms with Crippen molar-refractivity contribution < 1.29 is 9.47 Å². The number of rotatable bonds is 2. The fourth-order valence-corrected chi connectivity index (χ4v) is 0.912. The molecular weight excluding hydrogens is 178 g/mol. The Morgan fingerprint density at radius 2 is 1.83 bits per heavy atom. The van der Waals surface area contributed by atoms with Gasteiger partial charge >= 0.3 is 0 Å². The van der Waals surface area contributed by atoms with E-state index in [1.54, 1.807) is 26.4 Å². The Hall–Kier alpha value is -1.09. The van der Waals surface area contributed by atoms with Crippen LogP contribution in [0.5, 0.6) is 11.5 Å². The number of anilines is 1. The molecule has 4 heteroatoms. The summed E-state index contributed by atoms with van der Waals surface area (Å²) < 4.78 is 10.0. The Bertz CT molecular complexity index is 253. The summed E-state index contributed by atoms with van der Waals surface area (Å²) in [7, 11) is 3.14. The van der Waals surface area contributed by atoms with Crippen molar-refractivity contribution in [2.24, 2.45) is 0 Å². The lowest BCUT2D eigenvalue weighted by Crippen LogP contribution is -1.95. The standard InChI is InChI=1S/C8H11NO2.ClH/c1-10-7-5-3-4-6(9)8(7)11-2;/h3-5H,9H2,1-2H3;1H. The molecule has 12 heavy (non-hydrogen) atoms. The summed E-state index contributed by atoms with van der Waals surface area (Å²) in [5, 5.41) is 0. The first-order chi connectivity index (χ1) is 5.29. The highest BCUT2D eigenvalue weighted by atomic mass is 35.5. The molecule has 3 nitrogen and oxygen atoms in total. The number of hydrogen-bond acceptors (Lipinski definition) is 3. The van der Waals surface area contributed by atoms with E-state index in [0.29, 0.717) is 17.2 Å². The van der Waals surface area contributed by atoms with Gasteiger partial charge in [0.15, 0.2) is 11.5 Å². The predicted molar refractivity (Wildman–Crippen MR) is 51.2 cm³/mol. The maximum atomic E-state index is 5.60. The minimum atomic E-state index is 0. The third-order valence-electron chi connectivity index (χ3n) is 1.43. The smallest absolute Gasteiger partial charge is 0.183 e. The Morgan fingerprint density at radius 3 is 2.25 bits per heavy atom. The summed E-state index contributed by atoms with van der Waals surface area (Å²) in [5.74, 6) is 1.25. The lowest BCUT2D eigenvalue weighted by Gasteiger charge is -2.08. The third-order valence-corrected chi connectivity index (χ3v) is 1.43. The van der Waals surface area contributed by atoms with Gasteiger partial charge in [0.25, 0.3) is 0 Å². The van der Waals surface area contributed by atoms with E-state index in [2.05, 4.69) is 0 Å². The van der Waals surface area contributed by atoms with E-state index in [0.717, 1.165) is 0 Å². The molecule has 0 aromatic heterocycles. The van der Waals surface area contributed by atoms with Gasteiger partial charge in [0.1, 0.15) is 0 Å². The maximum absolute atomic E-state index is 5.60. The zero-order chi connectivity index (χ0) is 8.27. The highest BCUT2D eigenvalue weighted by Gasteiger charge is 2.04. The molecule has 0 saturated heterocycles. The topological polar surface area (TPSA) is 44.5 Å². The first kappa shape index (κ1) is 10.9. The molecule has 0 spiro atoms. The van der Waals surface area contributed by atoms with Gasteiger partial charge in [-0.25, -0.2) is 0 Å². The number of benzene rings is 1. The van der Waals surface area contributed by atoms with Crippen molar-refractivity contribution in [1.82, 2.24) is 0 Å². The van der Waals surface area contributed by atoms with Crippen molar-refractivity contribution in [3.05, 3.63) is 18.2 Å². The predicted octanol–water partition coefficient (Wildman–Crippen LogP) is 1.71. The highest BCUT2D eigenvalue weighted by Crippen LogP contribution is 2.31. The van der Waals surface area contributed by atoms with Gasteiger partial charge < -0.3 is 15.2 Å². The summed E-state index contributed by atoms with van der Waals surface area (Å²) in [6.07, 6.45) is 0. The fraction of sp³-hybridized carbons (Fsp3) is 0.250. The van der Waals surface area contributed by atoms with Gasteiger partial charge in [0.05, 0.1) is 19.9 Å². The minimum Gasteiger partial charge on any atom is -0.493 e. The molecule has 1 aromatic carbocycles. The Balaban J connectivity index is 0.00000121. The van der Waals surface area contributed by atoms with Crippen LogP contribution in [0.4, 0.5) is 5.69 Å². The van der Waals surface area contributed by atoms with Crippen LogP contribution in [-0.2, 0) is 0 Å². The largest absolute Gasteiger partial charge is 0.493 e. The van der Waals surface area contributed by atoms with Crippen molar-refractivity contribution >= 4 is 18.1 Å². The number of nitrogens with two attached hydrogens (primary N) is 1. The Labute approximate surface area is 77.9 Å². The number of ether oxygens (including phenoxy) is 2. The van der Waals surface area contributed by atoms with Crippen molar-refractivity contribution in [2.75, 3.05) is 20.0 Å². The monoisotopic (exact) mass is 189 g/mol. The Morgan fingerprint density at radius 1 is 1.17 bits per heavy atom. The van der Waals surface area contributed by atoms with Crippen molar-refractivity contribution in [2.45, 2.75) is 0 Å². The normalized spacial score (nSPS) is 8.50. The molecule has 0 aliphatic rings. The van der Waals surface area contributed by atoms with E-state index in [4.69, 9.17) is 15.2 Å². The van der Waals surface area contributed by atoms with Gasteiger partial charge in [0.2, 0.25) is 0 Å². The molecule has 0 heterocycles. The molecule has 0 unspecified atom stereocenters. The minimum absolute atomic E-state index is 0. The summed E-state index contributed by atoms with van der Waals surface area (Å²) in [6.45, 7) is 0. The Kier molecular flexibility index (Phi) is 4.29. The fourth-order valence-electron chi connectivity index (χ4n) is 0.912. The van der Waals surface area contributed by atoms with Crippen LogP contribution < -0.4 is 15.2 Å². The lowest BCUT2D eigenvalue weighted by molar-refractivity contribution is 0.356. The average Bonchev–Trinajstić information content (AvgIpc) is 2.04. The lowest BCUT2D eigenvalue weighted by atomic mass is 10.3. The zero-order valence-corrected chi connectivity index (χ0v) is 7.85. The molecule has 0 saturated carbocycles. The van der Waals surface area contributed by atoms with E-state index < -0.39 is 0 Å². The summed E-state index contributed by atoms with van der Waals surface area (Å²) in [5.41, 5.74) is 6.19. The SMILES string of the molecule is COc1cccc(N)c1OC.Cl. The molecule has 1 aromatic rings. The van der Waals surface area contributed by atoms with Crippen LogP contribution in [0.25, 0.3) is 0 Å². The molecule has 0 fully saturated rings. The van der Waals surface area contributed by atoms with E-state index in [9.17, 15) is 0 Å². The molecule has 68 valence electrons. The van der Waals surface area contributed by atoms with Gasteiger partial charge in [-0.3, -0.25) is 0 Å². The quantitative estimate of drug-likeness (QED) is 0.721. The second-order valence-electron chi connectivity index (χ2n) is 2.08. The molecule has 2 N–H and O–H groups in total. The van der Waals surface area contributed by atoms with E-state index in [-0.39, 0.29) is 12.4 Å². The summed E-state index contributed by atoms with van der Waals surface area (Å²) >= 11 is 0. The molecule has 0 radical (unpaired) electrons. The molecule has 0 aliphatic carbocycles. The number of nitrogen functional groups attached to an aromatic ring is 1. The van der Waals surface area contributed by atoms with E-state index in [1.807, 2.05) is 6.07 Å². The highest BCUT2D eigenvalue weighted by molar-refractivity contribution is 5.85. The molecule has 1 rings (SSSR count). The average molecular weight is 190 g/mol. The van der Waals surface area contributed by atoms with Gasteiger partial charge in [-0.05, 0) is 12.1 Å². The van der Waals surface area contributed by atoms with Gasteiger partial charge in [-0.2, -0.15) is 0 Å². The van der Waals surface area contributed by atoms with Gasteiger partial charge in [-0.15, -0.1) is 12.4 Å². The molecule has 0 amide bonds. The molecule has 0 atom stereocenters. The second-order valence-corrected chi connectivity index (χ2v) is 2.08. The van der Waals surface area contributed by atoms with Gasteiger partial charge in [0, 0.05) is 0 Å². The van der Waals surface area contributed by atoms with Crippen LogP contribution in [0.2, 0.25) is 0 Å². The number of para-hydroxylation sites is 1. The first-order valence-corrected chi connectivity index (χ1v) is 3.26.